The van der Waals surface area contributed by atoms with Crippen molar-refractivity contribution in [3.63, 3.8) is 0 Å². The van der Waals surface area contributed by atoms with E-state index in [2.05, 4.69) is 5.32 Å². The lowest BCUT2D eigenvalue weighted by Gasteiger charge is -2.26. The van der Waals surface area contributed by atoms with Crippen LogP contribution in [0.25, 0.3) is 0 Å². The zero-order valence-corrected chi connectivity index (χ0v) is 5.56. The fourth-order valence-electron chi connectivity index (χ4n) is 0.963. The van der Waals surface area contributed by atoms with E-state index in [0.717, 1.165) is 6.54 Å². The van der Waals surface area contributed by atoms with Crippen LogP contribution in [-0.2, 0) is 4.74 Å². The highest BCUT2D eigenvalue weighted by atomic mass is 19.1. The van der Waals surface area contributed by atoms with Gasteiger partial charge in [0.05, 0.1) is 12.2 Å². The van der Waals surface area contributed by atoms with Gasteiger partial charge in [0.15, 0.2) is 0 Å². The molecule has 0 aromatic rings. The summed E-state index contributed by atoms with van der Waals surface area (Å²) >= 11 is 0. The predicted molar refractivity (Wildman–Crippen MR) is 33.2 cm³/mol. The number of ether oxygens (including phenoxy) is 1. The Bertz CT molecular complexity index is 89.1. The Hall–Kier alpha value is -0.150. The van der Waals surface area contributed by atoms with Crippen LogP contribution in [0.3, 0.4) is 0 Å². The van der Waals surface area contributed by atoms with Crippen molar-refractivity contribution >= 4 is 0 Å². The third kappa shape index (κ3) is 1.91. The minimum absolute atomic E-state index is 0.166. The van der Waals surface area contributed by atoms with Crippen molar-refractivity contribution in [3.05, 3.63) is 0 Å². The first kappa shape index (κ1) is 6.96. The van der Waals surface area contributed by atoms with Crippen LogP contribution < -0.4 is 5.32 Å². The zero-order chi connectivity index (χ0) is 6.69. The number of nitrogens with one attached hydrogen (secondary N) is 1. The van der Waals surface area contributed by atoms with Gasteiger partial charge in [0, 0.05) is 13.1 Å². The second kappa shape index (κ2) is 3.13. The molecule has 1 fully saturated rings. The van der Waals surface area contributed by atoms with Gasteiger partial charge in [-0.2, -0.15) is 0 Å². The van der Waals surface area contributed by atoms with E-state index in [1.807, 2.05) is 6.92 Å². The van der Waals surface area contributed by atoms with Crippen LogP contribution in [0.5, 0.6) is 0 Å². The first-order valence-electron chi connectivity index (χ1n) is 3.25. The Morgan fingerprint density at radius 1 is 1.67 bits per heavy atom. The van der Waals surface area contributed by atoms with Crippen LogP contribution in [0.1, 0.15) is 6.92 Å². The molecule has 0 aromatic heterocycles. The molecule has 54 valence electrons. The van der Waals surface area contributed by atoms with E-state index in [-0.39, 0.29) is 18.9 Å². The van der Waals surface area contributed by atoms with Crippen LogP contribution in [0.4, 0.5) is 4.39 Å². The van der Waals surface area contributed by atoms with Crippen LogP contribution in [-0.4, -0.2) is 32.0 Å². The van der Waals surface area contributed by atoms with Crippen molar-refractivity contribution in [1.82, 2.24) is 5.32 Å². The maximum Gasteiger partial charge on any atom is 0.117 e. The van der Waals surface area contributed by atoms with E-state index in [1.54, 1.807) is 0 Å². The Morgan fingerprint density at radius 2 is 2.44 bits per heavy atom. The Kier molecular flexibility index (Phi) is 2.42. The minimum atomic E-state index is -0.378. The van der Waals surface area contributed by atoms with Crippen molar-refractivity contribution in [1.29, 1.82) is 0 Å². The third-order valence-electron chi connectivity index (χ3n) is 1.40. The van der Waals surface area contributed by atoms with E-state index < -0.39 is 0 Å². The van der Waals surface area contributed by atoms with Gasteiger partial charge in [-0.3, -0.25) is 0 Å². The first-order chi connectivity index (χ1) is 4.33. The maximum atomic E-state index is 11.9. The molecule has 3 heteroatoms. The average Bonchev–Trinajstić information content (AvgIpc) is 1.88. The lowest BCUT2D eigenvalue weighted by molar-refractivity contribution is -0.0375. The smallest absolute Gasteiger partial charge is 0.117 e. The van der Waals surface area contributed by atoms with Crippen molar-refractivity contribution in [3.8, 4) is 0 Å². The molecule has 1 aliphatic rings. The fraction of sp³-hybridized carbons (Fsp3) is 1.00. The Morgan fingerprint density at radius 3 is 2.89 bits per heavy atom. The normalized spacial score (nSPS) is 36.7. The number of rotatable bonds is 1. The second-order valence-corrected chi connectivity index (χ2v) is 2.38. The maximum absolute atomic E-state index is 11.9. The highest BCUT2D eigenvalue weighted by Crippen LogP contribution is 2.02. The number of morpholine rings is 1. The van der Waals surface area contributed by atoms with Crippen molar-refractivity contribution < 1.29 is 9.13 Å². The molecule has 0 amide bonds. The Labute approximate surface area is 54.4 Å². The molecule has 1 N–H and O–H groups in total. The summed E-state index contributed by atoms with van der Waals surface area (Å²) in [7, 11) is 0. The van der Waals surface area contributed by atoms with Gasteiger partial charge >= 0.3 is 0 Å². The molecule has 0 aromatic carbocycles. The molecule has 9 heavy (non-hydrogen) atoms. The van der Waals surface area contributed by atoms with Gasteiger partial charge in [-0.05, 0) is 6.92 Å². The lowest BCUT2D eigenvalue weighted by Crippen LogP contribution is -2.44. The molecule has 1 heterocycles. The van der Waals surface area contributed by atoms with Crippen LogP contribution in [0, 0.1) is 0 Å². The molecule has 0 unspecified atom stereocenters. The van der Waals surface area contributed by atoms with Crippen LogP contribution >= 0.6 is 0 Å². The number of alkyl halides is 1. The number of hydrogen-bond acceptors (Lipinski definition) is 2. The standard InChI is InChI=1S/C6H12FNO/c1-5-3-8-4-6(2-7)9-5/h5-6,8H,2-4H2,1H3/t5-,6-/m1/s1. The van der Waals surface area contributed by atoms with Gasteiger partial charge in [-0.1, -0.05) is 0 Å². The van der Waals surface area contributed by atoms with E-state index >= 15 is 0 Å². The summed E-state index contributed by atoms with van der Waals surface area (Å²) in [6, 6.07) is 0. The molecule has 0 spiro atoms. The van der Waals surface area contributed by atoms with Crippen LogP contribution in [0.2, 0.25) is 0 Å². The molecule has 1 rings (SSSR count). The molecule has 2 nitrogen and oxygen atoms in total. The third-order valence-corrected chi connectivity index (χ3v) is 1.40. The zero-order valence-electron chi connectivity index (χ0n) is 5.56. The second-order valence-electron chi connectivity index (χ2n) is 2.38. The molecule has 2 atom stereocenters. The summed E-state index contributed by atoms with van der Waals surface area (Å²) < 4.78 is 17.1. The fourth-order valence-corrected chi connectivity index (χ4v) is 0.963. The summed E-state index contributed by atoms with van der Waals surface area (Å²) in [5.74, 6) is 0. The summed E-state index contributed by atoms with van der Waals surface area (Å²) in [6.07, 6.45) is -0.0479. The van der Waals surface area contributed by atoms with Gasteiger partial charge in [-0.25, -0.2) is 4.39 Å². The molecule has 1 aliphatic heterocycles. The predicted octanol–water partition coefficient (Wildman–Crippen LogP) is 0.333. The molecule has 0 saturated carbocycles. The average molecular weight is 133 g/mol. The highest BCUT2D eigenvalue weighted by molar-refractivity contribution is 4.70. The summed E-state index contributed by atoms with van der Waals surface area (Å²) in [6.45, 7) is 3.06. The number of halogens is 1. The molecule has 1 saturated heterocycles. The molecule has 0 bridgehead atoms. The van der Waals surface area contributed by atoms with Gasteiger partial charge in [-0.15, -0.1) is 0 Å². The SMILES string of the molecule is C[C@@H]1CNC[C@@H](CF)O1. The van der Waals surface area contributed by atoms with Crippen molar-refractivity contribution in [2.24, 2.45) is 0 Å². The van der Waals surface area contributed by atoms with E-state index in [9.17, 15) is 4.39 Å². The van der Waals surface area contributed by atoms with E-state index in [1.165, 1.54) is 0 Å². The first-order valence-corrected chi connectivity index (χ1v) is 3.25. The summed E-state index contributed by atoms with van der Waals surface area (Å²) in [5.41, 5.74) is 0. The van der Waals surface area contributed by atoms with E-state index in [0.29, 0.717) is 6.54 Å². The van der Waals surface area contributed by atoms with Gasteiger partial charge in [0.25, 0.3) is 0 Å². The quantitative estimate of drug-likeness (QED) is 0.556. The summed E-state index contributed by atoms with van der Waals surface area (Å²) in [4.78, 5) is 0. The molecular weight excluding hydrogens is 121 g/mol. The van der Waals surface area contributed by atoms with E-state index in [4.69, 9.17) is 4.74 Å². The monoisotopic (exact) mass is 133 g/mol. The topological polar surface area (TPSA) is 21.3 Å². The van der Waals surface area contributed by atoms with Gasteiger partial charge in [0.1, 0.15) is 6.67 Å². The van der Waals surface area contributed by atoms with Crippen molar-refractivity contribution in [2.45, 2.75) is 19.1 Å². The Balaban J connectivity index is 2.23. The van der Waals surface area contributed by atoms with Crippen LogP contribution in [0.15, 0.2) is 0 Å². The number of hydrogen-bond donors (Lipinski definition) is 1. The largest absolute Gasteiger partial charge is 0.370 e. The molecule has 0 radical (unpaired) electrons. The van der Waals surface area contributed by atoms with Gasteiger partial charge < -0.3 is 10.1 Å². The molecular formula is C6H12FNO. The molecule has 0 aliphatic carbocycles. The van der Waals surface area contributed by atoms with Gasteiger partial charge in [0.2, 0.25) is 0 Å². The highest BCUT2D eigenvalue weighted by Gasteiger charge is 2.17. The van der Waals surface area contributed by atoms with Crippen molar-refractivity contribution in [2.75, 3.05) is 19.8 Å². The minimum Gasteiger partial charge on any atom is -0.370 e. The lowest BCUT2D eigenvalue weighted by atomic mass is 10.3. The summed E-state index contributed by atoms with van der Waals surface area (Å²) in [5, 5.41) is 3.07.